The van der Waals surface area contributed by atoms with Crippen LogP contribution in [-0.2, 0) is 16.6 Å². The molecule has 0 spiro atoms. The summed E-state index contributed by atoms with van der Waals surface area (Å²) in [5, 5.41) is 12.8. The highest BCUT2D eigenvalue weighted by Gasteiger charge is 2.36. The van der Waals surface area contributed by atoms with Gasteiger partial charge in [0.15, 0.2) is 0 Å². The highest BCUT2D eigenvalue weighted by atomic mass is 32.2. The molecule has 6 nitrogen and oxygen atoms in total. The Morgan fingerprint density at radius 3 is 2.75 bits per heavy atom. The van der Waals surface area contributed by atoms with E-state index in [0.717, 1.165) is 0 Å². The van der Waals surface area contributed by atoms with Crippen molar-refractivity contribution in [1.82, 2.24) is 14.1 Å². The second kappa shape index (κ2) is 4.15. The molecular weight excluding hydrogens is 230 g/mol. The van der Waals surface area contributed by atoms with Gasteiger partial charge in [-0.1, -0.05) is 0 Å². The lowest BCUT2D eigenvalue weighted by Gasteiger charge is -2.36. The lowest BCUT2D eigenvalue weighted by molar-refractivity contribution is 0.117. The monoisotopic (exact) mass is 245 g/mol. The van der Waals surface area contributed by atoms with E-state index in [0.29, 0.717) is 19.6 Å². The molecule has 1 fully saturated rings. The van der Waals surface area contributed by atoms with Gasteiger partial charge in [-0.05, 0) is 6.92 Å². The summed E-state index contributed by atoms with van der Waals surface area (Å²) < 4.78 is 26.9. The van der Waals surface area contributed by atoms with Crippen molar-refractivity contribution >= 4 is 10.0 Å². The quantitative estimate of drug-likeness (QED) is 0.777. The maximum Gasteiger partial charge on any atom is 0.246 e. The van der Waals surface area contributed by atoms with Crippen LogP contribution < -0.4 is 0 Å². The molecule has 0 radical (unpaired) electrons. The molecule has 0 unspecified atom stereocenters. The Hall–Kier alpha value is -0.920. The summed E-state index contributed by atoms with van der Waals surface area (Å²) in [5.74, 6) is 0.0796. The van der Waals surface area contributed by atoms with E-state index in [-0.39, 0.29) is 17.4 Å². The summed E-state index contributed by atoms with van der Waals surface area (Å²) in [5.41, 5.74) is 0. The van der Waals surface area contributed by atoms with Crippen molar-refractivity contribution in [3.63, 3.8) is 0 Å². The first kappa shape index (κ1) is 11.6. The van der Waals surface area contributed by atoms with Gasteiger partial charge in [0.25, 0.3) is 0 Å². The fourth-order valence-corrected chi connectivity index (χ4v) is 3.18. The van der Waals surface area contributed by atoms with Gasteiger partial charge in [0.1, 0.15) is 4.90 Å². The number of nitrogens with zero attached hydrogens (tertiary/aromatic N) is 3. The minimum atomic E-state index is -3.40. The molecule has 0 atom stereocenters. The van der Waals surface area contributed by atoms with Crippen LogP contribution in [0.25, 0.3) is 0 Å². The summed E-state index contributed by atoms with van der Waals surface area (Å²) in [7, 11) is -3.40. The number of aliphatic hydroxyl groups is 1. The van der Waals surface area contributed by atoms with Crippen LogP contribution in [0.4, 0.5) is 0 Å². The van der Waals surface area contributed by atoms with Crippen molar-refractivity contribution in [2.45, 2.75) is 18.4 Å². The third-order valence-electron chi connectivity index (χ3n) is 2.75. The molecule has 2 rings (SSSR count). The van der Waals surface area contributed by atoms with Crippen molar-refractivity contribution < 1.29 is 13.5 Å². The number of aryl methyl sites for hydroxylation is 1. The summed E-state index contributed by atoms with van der Waals surface area (Å²) in [6.45, 7) is 3.39. The fourth-order valence-electron chi connectivity index (χ4n) is 1.63. The summed E-state index contributed by atoms with van der Waals surface area (Å²) in [4.78, 5) is 0.228. The Labute approximate surface area is 94.5 Å². The molecule has 1 N–H and O–H groups in total. The Kier molecular flexibility index (Phi) is 3.00. The van der Waals surface area contributed by atoms with Crippen LogP contribution in [0, 0.1) is 5.92 Å². The molecule has 0 amide bonds. The number of sulfonamides is 1. The number of aromatic nitrogens is 2. The zero-order valence-corrected chi connectivity index (χ0v) is 9.89. The van der Waals surface area contributed by atoms with E-state index in [2.05, 4.69) is 5.10 Å². The Morgan fingerprint density at radius 2 is 2.25 bits per heavy atom. The van der Waals surface area contributed by atoms with E-state index in [4.69, 9.17) is 5.11 Å². The van der Waals surface area contributed by atoms with Gasteiger partial charge in [-0.15, -0.1) is 0 Å². The molecule has 16 heavy (non-hydrogen) atoms. The minimum absolute atomic E-state index is 0.0419. The molecule has 1 saturated heterocycles. The summed E-state index contributed by atoms with van der Waals surface area (Å²) in [6.07, 6.45) is 2.90. The molecule has 1 aromatic rings. The van der Waals surface area contributed by atoms with Gasteiger partial charge in [-0.25, -0.2) is 8.42 Å². The molecule has 2 heterocycles. The summed E-state index contributed by atoms with van der Waals surface area (Å²) in [6, 6.07) is 0. The standard InChI is InChI=1S/C9H15N3O3S/c1-2-11-6-9(3-10-11)16(14,15)12-4-8(5-12)7-13/h3,6,8,13H,2,4-5,7H2,1H3. The van der Waals surface area contributed by atoms with Crippen LogP contribution in [0.3, 0.4) is 0 Å². The van der Waals surface area contributed by atoms with Gasteiger partial charge in [-0.3, -0.25) is 4.68 Å². The highest BCUT2D eigenvalue weighted by molar-refractivity contribution is 7.89. The number of hydrogen-bond acceptors (Lipinski definition) is 4. The molecule has 0 saturated carbocycles. The van der Waals surface area contributed by atoms with Crippen molar-refractivity contribution in [3.8, 4) is 0 Å². The van der Waals surface area contributed by atoms with E-state index >= 15 is 0 Å². The largest absolute Gasteiger partial charge is 0.396 e. The van der Waals surface area contributed by atoms with Crippen LogP contribution in [0.2, 0.25) is 0 Å². The maximum atomic E-state index is 12.0. The second-order valence-corrected chi connectivity index (χ2v) is 5.84. The topological polar surface area (TPSA) is 75.4 Å². The second-order valence-electron chi connectivity index (χ2n) is 3.90. The zero-order chi connectivity index (χ0) is 11.8. The zero-order valence-electron chi connectivity index (χ0n) is 9.07. The molecule has 90 valence electrons. The Morgan fingerprint density at radius 1 is 1.56 bits per heavy atom. The van der Waals surface area contributed by atoms with Crippen molar-refractivity contribution in [2.75, 3.05) is 19.7 Å². The van der Waals surface area contributed by atoms with Crippen molar-refractivity contribution in [2.24, 2.45) is 5.92 Å². The maximum absolute atomic E-state index is 12.0. The van der Waals surface area contributed by atoms with Gasteiger partial charge in [0, 0.05) is 38.4 Å². The number of aliphatic hydroxyl groups excluding tert-OH is 1. The number of rotatable bonds is 4. The third kappa shape index (κ3) is 1.85. The van der Waals surface area contributed by atoms with Crippen molar-refractivity contribution in [3.05, 3.63) is 12.4 Å². The van der Waals surface area contributed by atoms with Crippen LogP contribution in [0.15, 0.2) is 17.3 Å². The smallest absolute Gasteiger partial charge is 0.246 e. The molecule has 0 aromatic carbocycles. The van der Waals surface area contributed by atoms with Crippen molar-refractivity contribution in [1.29, 1.82) is 0 Å². The average Bonchev–Trinajstić information content (AvgIpc) is 2.64. The average molecular weight is 245 g/mol. The predicted molar refractivity (Wildman–Crippen MR) is 57.2 cm³/mol. The lowest BCUT2D eigenvalue weighted by Crippen LogP contribution is -2.51. The molecule has 0 aliphatic carbocycles. The van der Waals surface area contributed by atoms with Gasteiger partial charge in [-0.2, -0.15) is 9.40 Å². The first-order chi connectivity index (χ1) is 7.57. The Bertz CT molecular complexity index is 462. The molecule has 1 aromatic heterocycles. The Balaban J connectivity index is 2.14. The SMILES string of the molecule is CCn1cc(S(=O)(=O)N2CC(CO)C2)cn1. The molecule has 7 heteroatoms. The van der Waals surface area contributed by atoms with Gasteiger partial charge in [0.2, 0.25) is 10.0 Å². The van der Waals surface area contributed by atoms with E-state index in [1.807, 2.05) is 6.92 Å². The van der Waals surface area contributed by atoms with Gasteiger partial charge in [0.05, 0.1) is 6.20 Å². The molecular formula is C9H15N3O3S. The van der Waals surface area contributed by atoms with Crippen LogP contribution in [0.1, 0.15) is 6.92 Å². The number of hydrogen-bond donors (Lipinski definition) is 1. The van der Waals surface area contributed by atoms with Crippen LogP contribution in [0.5, 0.6) is 0 Å². The van der Waals surface area contributed by atoms with Gasteiger partial charge < -0.3 is 5.11 Å². The van der Waals surface area contributed by atoms with Gasteiger partial charge >= 0.3 is 0 Å². The summed E-state index contributed by atoms with van der Waals surface area (Å²) >= 11 is 0. The fraction of sp³-hybridized carbons (Fsp3) is 0.667. The molecule has 1 aliphatic heterocycles. The lowest BCUT2D eigenvalue weighted by atomic mass is 10.1. The van der Waals surface area contributed by atoms with E-state index in [1.54, 1.807) is 4.68 Å². The molecule has 1 aliphatic rings. The first-order valence-electron chi connectivity index (χ1n) is 5.21. The highest BCUT2D eigenvalue weighted by Crippen LogP contribution is 2.24. The van der Waals surface area contributed by atoms with E-state index in [1.165, 1.54) is 16.7 Å². The molecule has 0 bridgehead atoms. The normalized spacial score (nSPS) is 18.6. The predicted octanol–water partition coefficient (Wildman–Crippen LogP) is -0.484. The van der Waals surface area contributed by atoms with Crippen LogP contribution >= 0.6 is 0 Å². The minimum Gasteiger partial charge on any atom is -0.396 e. The first-order valence-corrected chi connectivity index (χ1v) is 6.65. The van der Waals surface area contributed by atoms with Crippen LogP contribution in [-0.4, -0.2) is 47.3 Å². The van der Waals surface area contributed by atoms with E-state index < -0.39 is 10.0 Å². The third-order valence-corrected chi connectivity index (χ3v) is 4.54. The van der Waals surface area contributed by atoms with E-state index in [9.17, 15) is 8.42 Å².